The van der Waals surface area contributed by atoms with E-state index in [4.69, 9.17) is 14.6 Å². The molecule has 0 radical (unpaired) electrons. The van der Waals surface area contributed by atoms with E-state index in [0.29, 0.717) is 16.9 Å². The molecule has 0 saturated carbocycles. The van der Waals surface area contributed by atoms with Crippen molar-refractivity contribution >= 4 is 41.0 Å². The van der Waals surface area contributed by atoms with Crippen LogP contribution in [-0.2, 0) is 9.59 Å². The number of carboxylic acids is 1. The predicted octanol–water partition coefficient (Wildman–Crippen LogP) is 2.31. The third kappa shape index (κ3) is 5.45. The molecule has 0 aliphatic carbocycles. The molecule has 1 atom stereocenters. The van der Waals surface area contributed by atoms with Gasteiger partial charge in [-0.25, -0.2) is 4.79 Å². The van der Waals surface area contributed by atoms with Crippen LogP contribution in [0.1, 0.15) is 22.3 Å². The van der Waals surface area contributed by atoms with Crippen molar-refractivity contribution in [2.75, 3.05) is 7.11 Å². The van der Waals surface area contributed by atoms with Gasteiger partial charge in [0.15, 0.2) is 5.17 Å². The lowest BCUT2D eigenvalue weighted by Gasteiger charge is -2.07. The van der Waals surface area contributed by atoms with Crippen LogP contribution in [0.5, 0.6) is 11.5 Å². The zero-order valence-corrected chi connectivity index (χ0v) is 16.6. The molecule has 2 N–H and O–H groups in total. The first-order valence-electron chi connectivity index (χ1n) is 8.72. The number of aliphatic carboxylic acids is 1. The molecule has 1 saturated heterocycles. The fraction of sp³-hybridized carbons (Fsp3) is 0.150. The van der Waals surface area contributed by atoms with Gasteiger partial charge in [-0.2, -0.15) is 5.10 Å². The lowest BCUT2D eigenvalue weighted by molar-refractivity contribution is -0.138. The number of hydrogen-bond donors (Lipinski definition) is 2. The minimum Gasteiger partial charge on any atom is -0.497 e. The number of carbonyl (C=O) groups excluding carboxylic acids is 2. The van der Waals surface area contributed by atoms with E-state index in [0.717, 1.165) is 11.8 Å². The molecule has 1 aliphatic rings. The zero-order valence-electron chi connectivity index (χ0n) is 15.8. The zero-order chi connectivity index (χ0) is 21.5. The third-order valence-corrected chi connectivity index (χ3v) is 5.00. The van der Waals surface area contributed by atoms with Crippen LogP contribution in [0.15, 0.2) is 58.7 Å². The number of thioether (sulfide) groups is 1. The van der Waals surface area contributed by atoms with Gasteiger partial charge in [-0.05, 0) is 36.4 Å². The van der Waals surface area contributed by atoms with Crippen LogP contribution in [0.2, 0.25) is 0 Å². The first kappa shape index (κ1) is 21.1. The van der Waals surface area contributed by atoms with Gasteiger partial charge < -0.3 is 19.9 Å². The van der Waals surface area contributed by atoms with Crippen molar-refractivity contribution in [1.29, 1.82) is 0 Å². The summed E-state index contributed by atoms with van der Waals surface area (Å²) in [7, 11) is 1.54. The number of carboxylic acid groups (broad SMARTS) is 1. The molecule has 0 spiro atoms. The first-order valence-corrected chi connectivity index (χ1v) is 9.60. The quantitative estimate of drug-likeness (QED) is 0.300. The minimum absolute atomic E-state index is 0.204. The number of esters is 1. The van der Waals surface area contributed by atoms with Gasteiger partial charge >= 0.3 is 11.9 Å². The lowest BCUT2D eigenvalue weighted by Crippen LogP contribution is -2.26. The number of amidine groups is 1. The maximum Gasteiger partial charge on any atom is 0.343 e. The van der Waals surface area contributed by atoms with Crippen LogP contribution in [0, 0.1) is 0 Å². The molecular weight excluding hydrogens is 410 g/mol. The summed E-state index contributed by atoms with van der Waals surface area (Å²) < 4.78 is 10.5. The number of nitrogens with zero attached hydrogens (tertiary/aromatic N) is 2. The summed E-state index contributed by atoms with van der Waals surface area (Å²) in [5.41, 5.74) is 0.859. The Bertz CT molecular complexity index is 1020. The van der Waals surface area contributed by atoms with Gasteiger partial charge in [-0.15, -0.1) is 5.10 Å². The number of para-hydroxylation sites is 1. The second kappa shape index (κ2) is 9.70. The second-order valence-corrected chi connectivity index (χ2v) is 7.19. The molecule has 1 fully saturated rings. The molecular formula is C20H17N3O6S. The average Bonchev–Trinajstić information content (AvgIpc) is 3.07. The van der Waals surface area contributed by atoms with Gasteiger partial charge in [0, 0.05) is 5.56 Å². The molecule has 0 aromatic heterocycles. The second-order valence-electron chi connectivity index (χ2n) is 6.00. The number of amides is 1. The number of hydrogen-bond acceptors (Lipinski definition) is 8. The highest BCUT2D eigenvalue weighted by Gasteiger charge is 2.32. The van der Waals surface area contributed by atoms with Crippen molar-refractivity contribution in [1.82, 2.24) is 5.32 Å². The summed E-state index contributed by atoms with van der Waals surface area (Å²) in [6, 6.07) is 13.3. The summed E-state index contributed by atoms with van der Waals surface area (Å²) in [6.07, 6.45) is 1.07. The Morgan fingerprint density at radius 1 is 1.20 bits per heavy atom. The van der Waals surface area contributed by atoms with Crippen LogP contribution in [0.3, 0.4) is 0 Å². The fourth-order valence-corrected chi connectivity index (χ4v) is 3.37. The standard InChI is InChI=1S/C20H17N3O6S/c1-28-14-8-6-12(7-9-14)19(27)29-15-5-3-2-4-13(15)11-21-23-20-22-18(26)16(30-20)10-17(24)25/h2-9,11,16H,10H2,1H3,(H,24,25)(H,22,23,26)/b21-11-/t16-/m0/s1. The third-order valence-electron chi connectivity index (χ3n) is 3.93. The van der Waals surface area contributed by atoms with E-state index < -0.39 is 23.1 Å². The molecule has 0 bridgehead atoms. The smallest absolute Gasteiger partial charge is 0.343 e. The highest BCUT2D eigenvalue weighted by atomic mass is 32.2. The van der Waals surface area contributed by atoms with Gasteiger partial charge in [0.25, 0.3) is 0 Å². The summed E-state index contributed by atoms with van der Waals surface area (Å²) >= 11 is 0.996. The van der Waals surface area contributed by atoms with Gasteiger partial charge in [0.05, 0.1) is 25.3 Å². The number of methoxy groups -OCH3 is 1. The summed E-state index contributed by atoms with van der Waals surface area (Å²) in [5.74, 6) is -1.13. The SMILES string of the molecule is COc1ccc(C(=O)Oc2ccccc2/C=N\N=C2\NC(=O)[C@H](CC(=O)O)S2)cc1. The van der Waals surface area contributed by atoms with Crippen molar-refractivity contribution in [3.05, 3.63) is 59.7 Å². The van der Waals surface area contributed by atoms with Crippen LogP contribution >= 0.6 is 11.8 Å². The highest BCUT2D eigenvalue weighted by Crippen LogP contribution is 2.23. The molecule has 2 aromatic carbocycles. The topological polar surface area (TPSA) is 127 Å². The van der Waals surface area contributed by atoms with Crippen molar-refractivity contribution in [2.24, 2.45) is 10.2 Å². The molecule has 1 amide bonds. The Hall–Kier alpha value is -3.66. The number of nitrogens with one attached hydrogen (secondary N) is 1. The highest BCUT2D eigenvalue weighted by molar-refractivity contribution is 8.15. The predicted molar refractivity (Wildman–Crippen MR) is 111 cm³/mol. The van der Waals surface area contributed by atoms with E-state index in [9.17, 15) is 14.4 Å². The van der Waals surface area contributed by atoms with Gasteiger partial charge in [0.2, 0.25) is 5.91 Å². The fourth-order valence-electron chi connectivity index (χ4n) is 2.45. The molecule has 0 unspecified atom stereocenters. The maximum absolute atomic E-state index is 12.4. The Morgan fingerprint density at radius 3 is 2.63 bits per heavy atom. The summed E-state index contributed by atoms with van der Waals surface area (Å²) in [6.45, 7) is 0. The van der Waals surface area contributed by atoms with E-state index in [1.165, 1.54) is 13.3 Å². The molecule has 1 aliphatic heterocycles. The first-order chi connectivity index (χ1) is 14.5. The van der Waals surface area contributed by atoms with Crippen LogP contribution in [0.4, 0.5) is 0 Å². The van der Waals surface area contributed by atoms with Crippen molar-refractivity contribution in [2.45, 2.75) is 11.7 Å². The van der Waals surface area contributed by atoms with E-state index >= 15 is 0 Å². The maximum atomic E-state index is 12.4. The van der Waals surface area contributed by atoms with E-state index in [1.54, 1.807) is 48.5 Å². The number of benzene rings is 2. The average molecular weight is 427 g/mol. The van der Waals surface area contributed by atoms with E-state index in [-0.39, 0.29) is 17.3 Å². The summed E-state index contributed by atoms with van der Waals surface area (Å²) in [4.78, 5) is 34.8. The Morgan fingerprint density at radius 2 is 1.93 bits per heavy atom. The van der Waals surface area contributed by atoms with E-state index in [1.807, 2.05) is 0 Å². The molecule has 2 aromatic rings. The van der Waals surface area contributed by atoms with Gasteiger partial charge in [0.1, 0.15) is 16.7 Å². The largest absolute Gasteiger partial charge is 0.497 e. The minimum atomic E-state index is -1.07. The molecule has 10 heteroatoms. The molecule has 1 heterocycles. The van der Waals surface area contributed by atoms with Crippen LogP contribution < -0.4 is 14.8 Å². The molecule has 30 heavy (non-hydrogen) atoms. The summed E-state index contributed by atoms with van der Waals surface area (Å²) in [5, 5.41) is 18.5. The van der Waals surface area contributed by atoms with Gasteiger partial charge in [-0.1, -0.05) is 23.9 Å². The Kier molecular flexibility index (Phi) is 6.81. The van der Waals surface area contributed by atoms with E-state index in [2.05, 4.69) is 15.5 Å². The molecule has 9 nitrogen and oxygen atoms in total. The van der Waals surface area contributed by atoms with Crippen molar-refractivity contribution in [3.63, 3.8) is 0 Å². The molecule has 154 valence electrons. The molecule has 3 rings (SSSR count). The number of ether oxygens (including phenoxy) is 2. The van der Waals surface area contributed by atoms with Gasteiger partial charge in [-0.3, -0.25) is 9.59 Å². The van der Waals surface area contributed by atoms with Crippen LogP contribution in [-0.4, -0.2) is 46.7 Å². The number of rotatable bonds is 7. The van der Waals surface area contributed by atoms with Crippen molar-refractivity contribution in [3.8, 4) is 11.5 Å². The number of carbonyl (C=O) groups is 3. The monoisotopic (exact) mass is 427 g/mol. The lowest BCUT2D eigenvalue weighted by atomic mass is 10.2. The van der Waals surface area contributed by atoms with Crippen LogP contribution in [0.25, 0.3) is 0 Å². The Labute approximate surface area is 175 Å². The Balaban J connectivity index is 1.68. The van der Waals surface area contributed by atoms with Crippen molar-refractivity contribution < 1.29 is 29.0 Å². The normalized spacial score (nSPS) is 17.2.